The first-order valence-corrected chi connectivity index (χ1v) is 16.6. The Morgan fingerprint density at radius 2 is 1.63 bits per heavy atom. The van der Waals surface area contributed by atoms with E-state index in [0.29, 0.717) is 28.0 Å². The number of ether oxygens (including phenoxy) is 1. The standard InChI is InChI=1S/C32H37Cl2N3O5S/c1-3-42-30-17-11-10-16-29(30)37(43(40,41)26-14-8-5-9-15-26)22-31(38)36(21-24-18-19-27(33)28(34)20-24)23(2)32(39)35-25-12-6-4-7-13-25/h5,8-11,14-20,23,25H,3-4,6-7,12-13,21-22H2,1-2H3,(H,35,39)/t23-/m0/s1. The highest BCUT2D eigenvalue weighted by atomic mass is 35.5. The number of anilines is 1. The second-order valence-electron chi connectivity index (χ2n) is 10.5. The molecule has 8 nitrogen and oxygen atoms in total. The van der Waals surface area contributed by atoms with E-state index < -0.39 is 28.5 Å². The van der Waals surface area contributed by atoms with Crippen molar-refractivity contribution in [3.63, 3.8) is 0 Å². The van der Waals surface area contributed by atoms with Gasteiger partial charge in [-0.05, 0) is 68.7 Å². The molecule has 0 spiro atoms. The van der Waals surface area contributed by atoms with Gasteiger partial charge >= 0.3 is 0 Å². The van der Waals surface area contributed by atoms with E-state index in [9.17, 15) is 18.0 Å². The number of nitrogens with one attached hydrogen (secondary N) is 1. The summed E-state index contributed by atoms with van der Waals surface area (Å²) in [6.45, 7) is 3.19. The van der Waals surface area contributed by atoms with Gasteiger partial charge in [-0.15, -0.1) is 0 Å². The van der Waals surface area contributed by atoms with Crippen molar-refractivity contribution in [1.82, 2.24) is 10.2 Å². The zero-order chi connectivity index (χ0) is 31.0. The van der Waals surface area contributed by atoms with Crippen LogP contribution in [0.3, 0.4) is 0 Å². The maximum Gasteiger partial charge on any atom is 0.264 e. The molecule has 0 aliphatic heterocycles. The predicted molar refractivity (Wildman–Crippen MR) is 170 cm³/mol. The number of hydrogen-bond acceptors (Lipinski definition) is 5. The lowest BCUT2D eigenvalue weighted by atomic mass is 9.95. The zero-order valence-corrected chi connectivity index (χ0v) is 26.7. The quantitative estimate of drug-likeness (QED) is 0.244. The van der Waals surface area contributed by atoms with Gasteiger partial charge in [0.05, 0.1) is 27.2 Å². The molecule has 3 aromatic rings. The molecular formula is C32H37Cl2N3O5S. The molecule has 0 radical (unpaired) electrons. The van der Waals surface area contributed by atoms with E-state index in [1.165, 1.54) is 17.0 Å². The summed E-state index contributed by atoms with van der Waals surface area (Å²) in [4.78, 5) is 29.1. The average molecular weight is 647 g/mol. The highest BCUT2D eigenvalue weighted by molar-refractivity contribution is 7.92. The van der Waals surface area contributed by atoms with Crippen LogP contribution in [0.1, 0.15) is 51.5 Å². The lowest BCUT2D eigenvalue weighted by Crippen LogP contribution is -2.53. The molecule has 0 aromatic heterocycles. The molecule has 4 rings (SSSR count). The van der Waals surface area contributed by atoms with E-state index in [0.717, 1.165) is 36.4 Å². The van der Waals surface area contributed by atoms with E-state index in [1.54, 1.807) is 74.5 Å². The van der Waals surface area contributed by atoms with Gasteiger partial charge in [-0.3, -0.25) is 13.9 Å². The third-order valence-electron chi connectivity index (χ3n) is 7.50. The predicted octanol–water partition coefficient (Wildman–Crippen LogP) is 6.45. The van der Waals surface area contributed by atoms with Gasteiger partial charge in [0.2, 0.25) is 11.8 Å². The Bertz CT molecular complexity index is 1510. The minimum absolute atomic E-state index is 0.0152. The topological polar surface area (TPSA) is 96.0 Å². The lowest BCUT2D eigenvalue weighted by molar-refractivity contribution is -0.139. The molecule has 1 N–H and O–H groups in total. The van der Waals surface area contributed by atoms with Crippen LogP contribution in [0.5, 0.6) is 5.75 Å². The van der Waals surface area contributed by atoms with E-state index >= 15 is 0 Å². The Morgan fingerprint density at radius 1 is 0.953 bits per heavy atom. The Morgan fingerprint density at radius 3 is 2.30 bits per heavy atom. The fourth-order valence-corrected chi connectivity index (χ4v) is 6.93. The number of para-hydroxylation sites is 2. The Balaban J connectivity index is 1.72. The Kier molecular flexibility index (Phi) is 11.3. The van der Waals surface area contributed by atoms with E-state index in [2.05, 4.69) is 5.32 Å². The number of benzene rings is 3. The number of halogens is 2. The molecule has 11 heteroatoms. The van der Waals surface area contributed by atoms with Gasteiger partial charge < -0.3 is 15.0 Å². The van der Waals surface area contributed by atoms with Crippen LogP contribution in [0.15, 0.2) is 77.7 Å². The van der Waals surface area contributed by atoms with E-state index in [4.69, 9.17) is 27.9 Å². The number of sulfonamides is 1. The molecule has 1 aliphatic carbocycles. The van der Waals surface area contributed by atoms with Crippen LogP contribution >= 0.6 is 23.2 Å². The number of carbonyl (C=O) groups is 2. The summed E-state index contributed by atoms with van der Waals surface area (Å²) in [7, 11) is -4.21. The maximum atomic E-state index is 14.2. The maximum absolute atomic E-state index is 14.2. The van der Waals surface area contributed by atoms with Gasteiger partial charge in [0.15, 0.2) is 0 Å². The normalized spacial score (nSPS) is 14.5. The van der Waals surface area contributed by atoms with Crippen LogP contribution < -0.4 is 14.4 Å². The molecule has 2 amide bonds. The van der Waals surface area contributed by atoms with Crippen LogP contribution in [-0.2, 0) is 26.2 Å². The summed E-state index contributed by atoms with van der Waals surface area (Å²) in [6, 6.07) is 18.7. The second-order valence-corrected chi connectivity index (χ2v) is 13.2. The monoisotopic (exact) mass is 645 g/mol. The lowest BCUT2D eigenvalue weighted by Gasteiger charge is -2.33. The van der Waals surface area contributed by atoms with Crippen LogP contribution in [0.25, 0.3) is 0 Å². The van der Waals surface area contributed by atoms with Crippen LogP contribution in [0.4, 0.5) is 5.69 Å². The SMILES string of the molecule is CCOc1ccccc1N(CC(=O)N(Cc1ccc(Cl)c(Cl)c1)[C@@H](C)C(=O)NC1CCCCC1)S(=O)(=O)c1ccccc1. The largest absolute Gasteiger partial charge is 0.492 e. The molecule has 0 saturated heterocycles. The summed E-state index contributed by atoms with van der Waals surface area (Å²) >= 11 is 12.4. The van der Waals surface area contributed by atoms with Crippen molar-refractivity contribution >= 4 is 50.7 Å². The fourth-order valence-electron chi connectivity index (χ4n) is 5.16. The third-order valence-corrected chi connectivity index (χ3v) is 10.0. The summed E-state index contributed by atoms with van der Waals surface area (Å²) in [5.41, 5.74) is 0.864. The molecule has 43 heavy (non-hydrogen) atoms. The van der Waals surface area contributed by atoms with Crippen molar-refractivity contribution in [2.75, 3.05) is 17.5 Å². The highest BCUT2D eigenvalue weighted by Crippen LogP contribution is 2.33. The summed E-state index contributed by atoms with van der Waals surface area (Å²) < 4.78 is 34.9. The van der Waals surface area contributed by atoms with Gasteiger partial charge in [0.1, 0.15) is 18.3 Å². The first kappa shape index (κ1) is 32.6. The Hall–Kier alpha value is -3.27. The number of rotatable bonds is 12. The van der Waals surface area contributed by atoms with Crippen LogP contribution in [0, 0.1) is 0 Å². The highest BCUT2D eigenvalue weighted by Gasteiger charge is 2.34. The summed E-state index contributed by atoms with van der Waals surface area (Å²) in [5, 5.41) is 3.77. The molecule has 1 atom stereocenters. The molecule has 1 fully saturated rings. The molecule has 230 valence electrons. The number of carbonyl (C=O) groups excluding carboxylic acids is 2. The molecule has 0 unspecified atom stereocenters. The Labute approximate surface area is 264 Å². The summed E-state index contributed by atoms with van der Waals surface area (Å²) in [5.74, 6) is -0.549. The number of amides is 2. The molecule has 1 saturated carbocycles. The third kappa shape index (κ3) is 8.22. The van der Waals surface area contributed by atoms with Gasteiger partial charge in [-0.25, -0.2) is 8.42 Å². The molecular weight excluding hydrogens is 609 g/mol. The van der Waals surface area contributed by atoms with E-state index in [-0.39, 0.29) is 29.1 Å². The fraction of sp³-hybridized carbons (Fsp3) is 0.375. The van der Waals surface area contributed by atoms with Crippen LogP contribution in [-0.4, -0.2) is 50.4 Å². The minimum atomic E-state index is -4.21. The average Bonchev–Trinajstić information content (AvgIpc) is 3.01. The zero-order valence-electron chi connectivity index (χ0n) is 24.3. The minimum Gasteiger partial charge on any atom is -0.492 e. The van der Waals surface area contributed by atoms with Crippen molar-refractivity contribution in [2.45, 2.75) is 69.5 Å². The smallest absolute Gasteiger partial charge is 0.264 e. The first-order valence-electron chi connectivity index (χ1n) is 14.4. The van der Waals surface area contributed by atoms with Crippen molar-refractivity contribution in [1.29, 1.82) is 0 Å². The molecule has 0 bridgehead atoms. The second kappa shape index (κ2) is 14.9. The van der Waals surface area contributed by atoms with Gasteiger partial charge in [-0.2, -0.15) is 0 Å². The van der Waals surface area contributed by atoms with Crippen molar-refractivity contribution < 1.29 is 22.7 Å². The first-order chi connectivity index (χ1) is 20.6. The summed E-state index contributed by atoms with van der Waals surface area (Å²) in [6.07, 6.45) is 4.99. The molecule has 3 aromatic carbocycles. The van der Waals surface area contributed by atoms with Crippen molar-refractivity contribution in [2.24, 2.45) is 0 Å². The number of hydrogen-bond donors (Lipinski definition) is 1. The van der Waals surface area contributed by atoms with Crippen molar-refractivity contribution in [3.05, 3.63) is 88.4 Å². The van der Waals surface area contributed by atoms with Gasteiger partial charge in [-0.1, -0.05) is 78.9 Å². The molecule has 0 heterocycles. The van der Waals surface area contributed by atoms with Gasteiger partial charge in [0, 0.05) is 12.6 Å². The number of nitrogens with zero attached hydrogens (tertiary/aromatic N) is 2. The van der Waals surface area contributed by atoms with E-state index in [1.807, 2.05) is 0 Å². The molecule has 1 aliphatic rings. The van der Waals surface area contributed by atoms with Crippen LogP contribution in [0.2, 0.25) is 10.0 Å². The van der Waals surface area contributed by atoms with Gasteiger partial charge in [0.25, 0.3) is 10.0 Å². The van der Waals surface area contributed by atoms with Crippen molar-refractivity contribution in [3.8, 4) is 5.75 Å².